The highest BCUT2D eigenvalue weighted by Crippen LogP contribution is 2.45. The summed E-state index contributed by atoms with van der Waals surface area (Å²) in [6.07, 6.45) is 2.48. The van der Waals surface area contributed by atoms with Crippen LogP contribution in [0.1, 0.15) is 63.0 Å². The van der Waals surface area contributed by atoms with Gasteiger partial charge >= 0.3 is 6.09 Å². The third-order valence-corrected chi connectivity index (χ3v) is 8.00. The number of aromatic nitrogens is 1. The van der Waals surface area contributed by atoms with E-state index in [1.807, 2.05) is 24.3 Å². The van der Waals surface area contributed by atoms with E-state index in [1.54, 1.807) is 0 Å². The summed E-state index contributed by atoms with van der Waals surface area (Å²) >= 11 is 0. The fraction of sp³-hybridized carbons (Fsp3) is 0.483. The molecule has 0 saturated carbocycles. The van der Waals surface area contributed by atoms with Crippen molar-refractivity contribution in [3.05, 3.63) is 53.2 Å². The molecule has 1 fully saturated rings. The number of benzene rings is 2. The minimum Gasteiger partial charge on any atom is -0.465 e. The van der Waals surface area contributed by atoms with Gasteiger partial charge in [0.15, 0.2) is 14.6 Å². The lowest BCUT2D eigenvalue weighted by Crippen LogP contribution is -2.37. The molecule has 0 aliphatic carbocycles. The average molecular weight is 520 g/mol. The van der Waals surface area contributed by atoms with Crippen LogP contribution in [0.5, 0.6) is 0 Å². The standard InChI is InChI=1S/C29H37N3O4Si/c1-29(2,3)27(36-37(4)5)25-22(21-8-6-7-20(17-21)18-30)10-11-23-24(31-35-26(23)25)12-9-19-13-15-32(16-14-19)28(33)34/h6-8,10-11,17,19,27,37H,9,12-16H2,1-5H3,(H,33,34). The number of carboxylic acid groups (broad SMARTS) is 1. The Bertz CT molecular complexity index is 1300. The molecule has 1 aliphatic rings. The largest absolute Gasteiger partial charge is 0.465 e. The first-order valence-corrected chi connectivity index (χ1v) is 15.9. The van der Waals surface area contributed by atoms with Gasteiger partial charge in [0.1, 0.15) is 0 Å². The van der Waals surface area contributed by atoms with Crippen LogP contribution in [-0.2, 0) is 10.8 Å². The number of amides is 1. The highest BCUT2D eigenvalue weighted by atomic mass is 28.3. The summed E-state index contributed by atoms with van der Waals surface area (Å²) in [4.78, 5) is 12.7. The van der Waals surface area contributed by atoms with Crippen molar-refractivity contribution in [2.24, 2.45) is 11.3 Å². The molecular formula is C29H37N3O4Si. The van der Waals surface area contributed by atoms with E-state index in [9.17, 15) is 15.2 Å². The fourth-order valence-corrected chi connectivity index (χ4v) is 6.34. The minimum atomic E-state index is -1.41. The molecule has 1 aliphatic heterocycles. The highest BCUT2D eigenvalue weighted by Gasteiger charge is 2.34. The Labute approximate surface area is 220 Å². The molecule has 3 aromatic rings. The van der Waals surface area contributed by atoms with Gasteiger partial charge in [-0.3, -0.25) is 0 Å². The number of piperidine rings is 1. The second-order valence-corrected chi connectivity index (χ2v) is 13.8. The van der Waals surface area contributed by atoms with Gasteiger partial charge in [0.05, 0.1) is 23.4 Å². The SMILES string of the molecule is C[SiH](C)OC(c1c(-c2cccc(C#N)c2)ccc2c(CCC3CCN(C(=O)O)CC3)noc12)C(C)(C)C. The molecule has 0 spiro atoms. The lowest BCUT2D eigenvalue weighted by atomic mass is 9.80. The zero-order valence-corrected chi connectivity index (χ0v) is 23.6. The van der Waals surface area contributed by atoms with Gasteiger partial charge in [-0.25, -0.2) is 4.79 Å². The number of likely N-dealkylation sites (tertiary alicyclic amines) is 1. The number of hydrogen-bond donors (Lipinski definition) is 1. The van der Waals surface area contributed by atoms with Crippen LogP contribution in [0.3, 0.4) is 0 Å². The fourth-order valence-electron chi connectivity index (χ4n) is 5.25. The van der Waals surface area contributed by atoms with Crippen LogP contribution < -0.4 is 0 Å². The second-order valence-electron chi connectivity index (χ2n) is 11.4. The van der Waals surface area contributed by atoms with Crippen LogP contribution >= 0.6 is 0 Å². The molecule has 8 heteroatoms. The lowest BCUT2D eigenvalue weighted by Gasteiger charge is -2.34. The summed E-state index contributed by atoms with van der Waals surface area (Å²) in [6, 6.07) is 14.1. The summed E-state index contributed by atoms with van der Waals surface area (Å²) in [5, 5.41) is 24.2. The van der Waals surface area contributed by atoms with Crippen LogP contribution in [0.25, 0.3) is 22.1 Å². The van der Waals surface area contributed by atoms with Gasteiger partial charge < -0.3 is 19.0 Å². The molecule has 7 nitrogen and oxygen atoms in total. The molecule has 0 radical (unpaired) electrons. The van der Waals surface area contributed by atoms with E-state index < -0.39 is 15.1 Å². The second kappa shape index (κ2) is 11.1. The zero-order valence-electron chi connectivity index (χ0n) is 22.5. The first-order chi connectivity index (χ1) is 17.6. The predicted molar refractivity (Wildman–Crippen MR) is 147 cm³/mol. The van der Waals surface area contributed by atoms with E-state index in [0.29, 0.717) is 24.6 Å². The van der Waals surface area contributed by atoms with E-state index in [4.69, 9.17) is 8.95 Å². The van der Waals surface area contributed by atoms with Gasteiger partial charge in [-0.1, -0.05) is 44.1 Å². The summed E-state index contributed by atoms with van der Waals surface area (Å²) in [5.41, 5.74) is 5.08. The van der Waals surface area contributed by atoms with Crippen molar-refractivity contribution in [1.82, 2.24) is 10.1 Å². The third kappa shape index (κ3) is 6.05. The van der Waals surface area contributed by atoms with Crippen LogP contribution in [0.2, 0.25) is 13.1 Å². The average Bonchev–Trinajstić information content (AvgIpc) is 3.28. The number of nitrogens with zero attached hydrogens (tertiary/aromatic N) is 3. The molecule has 1 saturated heterocycles. The number of hydrogen-bond acceptors (Lipinski definition) is 5. The van der Waals surface area contributed by atoms with Crippen molar-refractivity contribution in [2.75, 3.05) is 13.1 Å². The molecule has 196 valence electrons. The zero-order chi connectivity index (χ0) is 26.7. The topological polar surface area (TPSA) is 99.6 Å². The summed E-state index contributed by atoms with van der Waals surface area (Å²) in [7, 11) is -1.41. The molecule has 0 bridgehead atoms. The molecule has 1 atom stereocenters. The number of rotatable bonds is 7. The maximum atomic E-state index is 11.2. The summed E-state index contributed by atoms with van der Waals surface area (Å²) in [6.45, 7) is 12.1. The van der Waals surface area contributed by atoms with Crippen molar-refractivity contribution in [3.8, 4) is 17.2 Å². The molecule has 1 unspecified atom stereocenters. The van der Waals surface area contributed by atoms with Gasteiger partial charge in [-0.15, -0.1) is 0 Å². The summed E-state index contributed by atoms with van der Waals surface area (Å²) < 4.78 is 12.7. The van der Waals surface area contributed by atoms with E-state index in [2.05, 4.69) is 57.2 Å². The van der Waals surface area contributed by atoms with Gasteiger partial charge in [0.2, 0.25) is 0 Å². The first-order valence-electron chi connectivity index (χ1n) is 13.1. The Morgan fingerprint density at radius 2 is 2.00 bits per heavy atom. The Morgan fingerprint density at radius 3 is 2.62 bits per heavy atom. The quantitative estimate of drug-likeness (QED) is 0.346. The molecule has 1 N–H and O–H groups in total. The van der Waals surface area contributed by atoms with Crippen molar-refractivity contribution in [3.63, 3.8) is 0 Å². The van der Waals surface area contributed by atoms with Crippen LogP contribution in [-0.4, -0.2) is 43.4 Å². The number of nitriles is 1. The molecule has 2 heterocycles. The van der Waals surface area contributed by atoms with Gasteiger partial charge in [-0.05, 0) is 79.4 Å². The Morgan fingerprint density at radius 1 is 1.27 bits per heavy atom. The first kappa shape index (κ1) is 26.9. The highest BCUT2D eigenvalue weighted by molar-refractivity contribution is 6.48. The van der Waals surface area contributed by atoms with Gasteiger partial charge in [0, 0.05) is 24.0 Å². The predicted octanol–water partition coefficient (Wildman–Crippen LogP) is 6.78. The van der Waals surface area contributed by atoms with Crippen molar-refractivity contribution in [1.29, 1.82) is 5.26 Å². The third-order valence-electron chi connectivity index (χ3n) is 7.19. The monoisotopic (exact) mass is 519 g/mol. The Kier molecular flexibility index (Phi) is 8.05. The molecule has 1 aromatic heterocycles. The number of fused-ring (bicyclic) bond motifs is 1. The Hall–Kier alpha value is -3.15. The van der Waals surface area contributed by atoms with E-state index in [-0.39, 0.29) is 11.5 Å². The summed E-state index contributed by atoms with van der Waals surface area (Å²) in [5.74, 6) is 0.479. The van der Waals surface area contributed by atoms with Gasteiger partial charge in [-0.2, -0.15) is 5.26 Å². The molecule has 1 amide bonds. The maximum Gasteiger partial charge on any atom is 0.407 e. The molecule has 37 heavy (non-hydrogen) atoms. The Balaban J connectivity index is 1.73. The lowest BCUT2D eigenvalue weighted by molar-refractivity contribution is 0.0872. The maximum absolute atomic E-state index is 11.2. The smallest absolute Gasteiger partial charge is 0.407 e. The normalized spacial score (nSPS) is 15.8. The minimum absolute atomic E-state index is 0.182. The van der Waals surface area contributed by atoms with Crippen molar-refractivity contribution >= 4 is 26.1 Å². The van der Waals surface area contributed by atoms with Gasteiger partial charge in [0.25, 0.3) is 0 Å². The van der Waals surface area contributed by atoms with E-state index in [1.165, 1.54) is 4.90 Å². The van der Waals surface area contributed by atoms with Crippen molar-refractivity contribution in [2.45, 2.75) is 65.7 Å². The molecule has 4 rings (SSSR count). The van der Waals surface area contributed by atoms with Crippen LogP contribution in [0.4, 0.5) is 4.79 Å². The molecule has 2 aromatic carbocycles. The number of carbonyl (C=O) groups is 1. The molecular weight excluding hydrogens is 482 g/mol. The van der Waals surface area contributed by atoms with E-state index >= 15 is 0 Å². The van der Waals surface area contributed by atoms with Crippen LogP contribution in [0, 0.1) is 22.7 Å². The number of aryl methyl sites for hydroxylation is 1. The van der Waals surface area contributed by atoms with Crippen LogP contribution in [0.15, 0.2) is 40.9 Å². The van der Waals surface area contributed by atoms with Crippen molar-refractivity contribution < 1.29 is 18.9 Å². The van der Waals surface area contributed by atoms with E-state index in [0.717, 1.165) is 59.0 Å².